The normalized spacial score (nSPS) is 21.7. The van der Waals surface area contributed by atoms with Gasteiger partial charge in [0.25, 0.3) is 0 Å². The molecule has 0 amide bonds. The molecule has 1 aliphatic heterocycles. The molecule has 1 aliphatic rings. The smallest absolute Gasteiger partial charge is 0.0831 e. The lowest BCUT2D eigenvalue weighted by Gasteiger charge is -2.18. The lowest BCUT2D eigenvalue weighted by molar-refractivity contribution is 0.0349. The van der Waals surface area contributed by atoms with E-state index < -0.39 is 0 Å². The van der Waals surface area contributed by atoms with Gasteiger partial charge in [-0.2, -0.15) is 0 Å². The van der Waals surface area contributed by atoms with Crippen LogP contribution in [0.3, 0.4) is 0 Å². The minimum atomic E-state index is -0.0458. The van der Waals surface area contributed by atoms with Crippen LogP contribution < -0.4 is 5.73 Å². The van der Waals surface area contributed by atoms with E-state index in [1.54, 1.807) is 0 Å². The number of aryl methyl sites for hydroxylation is 2. The summed E-state index contributed by atoms with van der Waals surface area (Å²) in [4.78, 5) is 0. The molecule has 1 aromatic rings. The highest BCUT2D eigenvalue weighted by Crippen LogP contribution is 2.19. The Morgan fingerprint density at radius 2 is 2.29 bits per heavy atom. The monoisotopic (exact) mass is 235 g/mol. The molecule has 2 N–H and O–H groups in total. The Labute approximate surface area is 103 Å². The molecule has 0 bridgehead atoms. The van der Waals surface area contributed by atoms with Crippen LogP contribution in [0.1, 0.15) is 29.2 Å². The Bertz CT molecular complexity index is 372. The predicted molar refractivity (Wildman–Crippen MR) is 68.0 cm³/mol. The first-order valence-corrected chi connectivity index (χ1v) is 6.19. The van der Waals surface area contributed by atoms with Crippen molar-refractivity contribution in [2.24, 2.45) is 5.73 Å². The van der Waals surface area contributed by atoms with Crippen LogP contribution in [0.25, 0.3) is 0 Å². The first-order valence-electron chi connectivity index (χ1n) is 6.19. The molecule has 1 heterocycles. The molecule has 3 nitrogen and oxygen atoms in total. The first-order chi connectivity index (χ1) is 8.16. The van der Waals surface area contributed by atoms with Crippen molar-refractivity contribution in [2.75, 3.05) is 19.8 Å². The highest BCUT2D eigenvalue weighted by atomic mass is 16.5. The summed E-state index contributed by atoms with van der Waals surface area (Å²) >= 11 is 0. The number of ether oxygens (including phenoxy) is 2. The van der Waals surface area contributed by atoms with Crippen molar-refractivity contribution in [2.45, 2.75) is 32.4 Å². The molecule has 2 rings (SSSR count). The Hall–Kier alpha value is -0.900. The van der Waals surface area contributed by atoms with Gasteiger partial charge in [0, 0.05) is 6.61 Å². The Kier molecular flexibility index (Phi) is 4.15. The zero-order valence-corrected chi connectivity index (χ0v) is 10.6. The van der Waals surface area contributed by atoms with Crippen molar-refractivity contribution in [1.82, 2.24) is 0 Å². The van der Waals surface area contributed by atoms with Crippen LogP contribution >= 0.6 is 0 Å². The average Bonchev–Trinajstić information content (AvgIpc) is 2.82. The lowest BCUT2D eigenvalue weighted by Crippen LogP contribution is -2.23. The van der Waals surface area contributed by atoms with Crippen LogP contribution in [0.2, 0.25) is 0 Å². The Morgan fingerprint density at radius 3 is 3.00 bits per heavy atom. The molecule has 2 atom stereocenters. The zero-order valence-electron chi connectivity index (χ0n) is 10.6. The maximum absolute atomic E-state index is 6.18. The minimum absolute atomic E-state index is 0.0458. The summed E-state index contributed by atoms with van der Waals surface area (Å²) in [6.07, 6.45) is 1.21. The molecule has 1 fully saturated rings. The molecule has 0 aromatic heterocycles. The molecule has 1 aromatic carbocycles. The van der Waals surface area contributed by atoms with E-state index in [0.717, 1.165) is 13.0 Å². The molecular weight excluding hydrogens is 214 g/mol. The molecule has 17 heavy (non-hydrogen) atoms. The number of hydrogen-bond acceptors (Lipinski definition) is 3. The number of rotatable bonds is 4. The highest BCUT2D eigenvalue weighted by Gasteiger charge is 2.18. The third-order valence-electron chi connectivity index (χ3n) is 3.23. The molecule has 0 radical (unpaired) electrons. The fourth-order valence-corrected chi connectivity index (χ4v) is 2.13. The number of hydrogen-bond donors (Lipinski definition) is 1. The molecule has 0 aliphatic carbocycles. The average molecular weight is 235 g/mol. The summed E-state index contributed by atoms with van der Waals surface area (Å²) in [7, 11) is 0. The minimum Gasteiger partial charge on any atom is -0.379 e. The standard InChI is InChI=1S/C14H21NO2/c1-10-3-4-11(2)13(7-10)14(15)9-17-12-5-6-16-8-12/h3-4,7,12,14H,5-6,8-9,15H2,1-2H3. The second-order valence-corrected chi connectivity index (χ2v) is 4.79. The summed E-state index contributed by atoms with van der Waals surface area (Å²) in [5, 5.41) is 0. The summed E-state index contributed by atoms with van der Waals surface area (Å²) in [5.74, 6) is 0. The van der Waals surface area contributed by atoms with Crippen molar-refractivity contribution >= 4 is 0 Å². The topological polar surface area (TPSA) is 44.5 Å². The van der Waals surface area contributed by atoms with Gasteiger partial charge in [0.05, 0.1) is 25.4 Å². The fourth-order valence-electron chi connectivity index (χ4n) is 2.13. The zero-order chi connectivity index (χ0) is 12.3. The van der Waals surface area contributed by atoms with Crippen LogP contribution in [0, 0.1) is 13.8 Å². The summed E-state index contributed by atoms with van der Waals surface area (Å²) < 4.78 is 11.0. The van der Waals surface area contributed by atoms with E-state index in [0.29, 0.717) is 13.2 Å². The molecular formula is C14H21NO2. The maximum Gasteiger partial charge on any atom is 0.0831 e. The van der Waals surface area contributed by atoms with E-state index in [1.807, 2.05) is 0 Å². The van der Waals surface area contributed by atoms with E-state index in [9.17, 15) is 0 Å². The lowest BCUT2D eigenvalue weighted by atomic mass is 10.00. The van der Waals surface area contributed by atoms with Gasteiger partial charge in [-0.3, -0.25) is 0 Å². The fraction of sp³-hybridized carbons (Fsp3) is 0.571. The van der Waals surface area contributed by atoms with Crippen LogP contribution in [-0.2, 0) is 9.47 Å². The van der Waals surface area contributed by atoms with Gasteiger partial charge in [-0.05, 0) is 31.4 Å². The van der Waals surface area contributed by atoms with Gasteiger partial charge >= 0.3 is 0 Å². The van der Waals surface area contributed by atoms with Gasteiger partial charge in [0.1, 0.15) is 0 Å². The van der Waals surface area contributed by atoms with Crippen molar-refractivity contribution in [3.05, 3.63) is 34.9 Å². The van der Waals surface area contributed by atoms with Crippen LogP contribution in [0.4, 0.5) is 0 Å². The van der Waals surface area contributed by atoms with E-state index in [2.05, 4.69) is 32.0 Å². The van der Waals surface area contributed by atoms with Crippen LogP contribution in [0.5, 0.6) is 0 Å². The highest BCUT2D eigenvalue weighted by molar-refractivity contribution is 5.32. The van der Waals surface area contributed by atoms with E-state index in [-0.39, 0.29) is 12.1 Å². The van der Waals surface area contributed by atoms with Gasteiger partial charge in [0.15, 0.2) is 0 Å². The quantitative estimate of drug-likeness (QED) is 0.869. The first kappa shape index (κ1) is 12.6. The van der Waals surface area contributed by atoms with Gasteiger partial charge in [0.2, 0.25) is 0 Å². The summed E-state index contributed by atoms with van der Waals surface area (Å²) in [6.45, 7) is 6.26. The van der Waals surface area contributed by atoms with Crippen molar-refractivity contribution in [3.63, 3.8) is 0 Å². The van der Waals surface area contributed by atoms with Gasteiger partial charge in [-0.15, -0.1) is 0 Å². The largest absolute Gasteiger partial charge is 0.379 e. The predicted octanol–water partition coefficient (Wildman–Crippen LogP) is 2.11. The SMILES string of the molecule is Cc1ccc(C)c(C(N)COC2CCOC2)c1. The Balaban J connectivity index is 1.93. The van der Waals surface area contributed by atoms with Gasteiger partial charge in [-0.25, -0.2) is 0 Å². The molecule has 1 saturated heterocycles. The molecule has 2 unspecified atom stereocenters. The van der Waals surface area contributed by atoms with Crippen molar-refractivity contribution < 1.29 is 9.47 Å². The Morgan fingerprint density at radius 1 is 1.47 bits per heavy atom. The second kappa shape index (κ2) is 5.63. The van der Waals surface area contributed by atoms with E-state index in [1.165, 1.54) is 16.7 Å². The van der Waals surface area contributed by atoms with Gasteiger partial charge < -0.3 is 15.2 Å². The molecule has 3 heteroatoms. The number of benzene rings is 1. The van der Waals surface area contributed by atoms with Crippen molar-refractivity contribution in [1.29, 1.82) is 0 Å². The van der Waals surface area contributed by atoms with E-state index in [4.69, 9.17) is 15.2 Å². The molecule has 0 spiro atoms. The molecule has 0 saturated carbocycles. The third-order valence-corrected chi connectivity index (χ3v) is 3.23. The molecule has 94 valence electrons. The van der Waals surface area contributed by atoms with Gasteiger partial charge in [-0.1, -0.05) is 23.8 Å². The van der Waals surface area contributed by atoms with E-state index >= 15 is 0 Å². The summed E-state index contributed by atoms with van der Waals surface area (Å²) in [6, 6.07) is 6.32. The second-order valence-electron chi connectivity index (χ2n) is 4.79. The maximum atomic E-state index is 6.18. The number of nitrogens with two attached hydrogens (primary N) is 1. The van der Waals surface area contributed by atoms with Crippen molar-refractivity contribution in [3.8, 4) is 0 Å². The summed E-state index contributed by atoms with van der Waals surface area (Å²) in [5.41, 5.74) is 9.83. The van der Waals surface area contributed by atoms with Crippen LogP contribution in [0.15, 0.2) is 18.2 Å². The van der Waals surface area contributed by atoms with Crippen LogP contribution in [-0.4, -0.2) is 25.9 Å². The third kappa shape index (κ3) is 3.28.